The third-order valence-electron chi connectivity index (χ3n) is 3.09. The van der Waals surface area contributed by atoms with Crippen molar-refractivity contribution in [3.05, 3.63) is 28.2 Å². The van der Waals surface area contributed by atoms with Crippen LogP contribution in [0.2, 0.25) is 10.0 Å². The lowest BCUT2D eigenvalue weighted by atomic mass is 10.2. The fraction of sp³-hybridized carbons (Fsp3) is 0.385. The number of benzene rings is 1. The number of carbonyl (C=O) groups excluding carboxylic acids is 2. The quantitative estimate of drug-likeness (QED) is 0.883. The largest absolute Gasteiger partial charge is 0.343 e. The molecule has 1 aromatic carbocycles. The van der Waals surface area contributed by atoms with Crippen molar-refractivity contribution in [1.29, 1.82) is 0 Å². The zero-order valence-corrected chi connectivity index (χ0v) is 12.5. The lowest BCUT2D eigenvalue weighted by Gasteiger charge is -2.17. The Balaban J connectivity index is 2.07. The van der Waals surface area contributed by atoms with Crippen molar-refractivity contribution < 1.29 is 9.59 Å². The van der Waals surface area contributed by atoms with Crippen LogP contribution in [-0.4, -0.2) is 38.0 Å². The van der Waals surface area contributed by atoms with Gasteiger partial charge >= 0.3 is 0 Å². The summed E-state index contributed by atoms with van der Waals surface area (Å²) in [6, 6.07) is 4.56. The molecule has 7 heteroatoms. The molecule has 108 valence electrons. The third-order valence-corrected chi connectivity index (χ3v) is 3.83. The van der Waals surface area contributed by atoms with Gasteiger partial charge in [-0.05, 0) is 31.7 Å². The average Bonchev–Trinajstić information content (AvgIpc) is 2.75. The fourth-order valence-corrected chi connectivity index (χ4v) is 2.42. The summed E-state index contributed by atoms with van der Waals surface area (Å²) >= 11 is 11.8. The molecule has 1 atom stereocenters. The van der Waals surface area contributed by atoms with E-state index in [1.54, 1.807) is 30.1 Å². The average molecular weight is 316 g/mol. The Hall–Kier alpha value is -1.30. The van der Waals surface area contributed by atoms with Crippen molar-refractivity contribution >= 4 is 40.7 Å². The van der Waals surface area contributed by atoms with E-state index in [0.29, 0.717) is 28.7 Å². The Morgan fingerprint density at radius 3 is 2.80 bits per heavy atom. The van der Waals surface area contributed by atoms with Gasteiger partial charge in [-0.3, -0.25) is 9.59 Å². The topological polar surface area (TPSA) is 61.4 Å². The maximum Gasteiger partial charge on any atom is 0.249 e. The molecule has 20 heavy (non-hydrogen) atoms. The second-order valence-corrected chi connectivity index (χ2v) is 5.34. The second-order valence-electron chi connectivity index (χ2n) is 4.53. The van der Waals surface area contributed by atoms with Crippen LogP contribution in [0.3, 0.4) is 0 Å². The summed E-state index contributed by atoms with van der Waals surface area (Å²) in [5.74, 6) is -0.324. The Labute approximate surface area is 127 Å². The van der Waals surface area contributed by atoms with E-state index in [-0.39, 0.29) is 18.4 Å². The summed E-state index contributed by atoms with van der Waals surface area (Å²) in [5, 5.41) is 6.30. The SMILES string of the molecule is CNCC(=O)NC1CCN(c2ccc(Cl)c(Cl)c2)C1=O. The monoisotopic (exact) mass is 315 g/mol. The molecule has 1 aliphatic rings. The minimum atomic E-state index is -0.481. The second kappa shape index (κ2) is 6.43. The summed E-state index contributed by atoms with van der Waals surface area (Å²) < 4.78 is 0. The van der Waals surface area contributed by atoms with E-state index in [1.807, 2.05) is 0 Å². The van der Waals surface area contributed by atoms with Gasteiger partial charge in [0.15, 0.2) is 0 Å². The van der Waals surface area contributed by atoms with Crippen LogP contribution in [-0.2, 0) is 9.59 Å². The third kappa shape index (κ3) is 3.23. The van der Waals surface area contributed by atoms with Crippen molar-refractivity contribution in [2.45, 2.75) is 12.5 Å². The molecule has 1 fully saturated rings. The molecule has 2 amide bonds. The van der Waals surface area contributed by atoms with Gasteiger partial charge in [-0.15, -0.1) is 0 Å². The van der Waals surface area contributed by atoms with Gasteiger partial charge in [0.25, 0.3) is 0 Å². The van der Waals surface area contributed by atoms with Crippen molar-refractivity contribution in [2.24, 2.45) is 0 Å². The first kappa shape index (κ1) is 15.1. The van der Waals surface area contributed by atoms with E-state index in [1.165, 1.54) is 0 Å². The number of rotatable bonds is 4. The van der Waals surface area contributed by atoms with E-state index in [9.17, 15) is 9.59 Å². The number of hydrogen-bond acceptors (Lipinski definition) is 3. The number of halogens is 2. The van der Waals surface area contributed by atoms with Crippen LogP contribution >= 0.6 is 23.2 Å². The van der Waals surface area contributed by atoms with Gasteiger partial charge in [0.2, 0.25) is 11.8 Å². The summed E-state index contributed by atoms with van der Waals surface area (Å²) in [4.78, 5) is 25.4. The highest BCUT2D eigenvalue weighted by Gasteiger charge is 2.33. The van der Waals surface area contributed by atoms with Crippen LogP contribution < -0.4 is 15.5 Å². The van der Waals surface area contributed by atoms with Crippen molar-refractivity contribution in [3.8, 4) is 0 Å². The van der Waals surface area contributed by atoms with E-state index >= 15 is 0 Å². The molecule has 1 saturated heterocycles. The Kier molecular flexibility index (Phi) is 4.86. The number of nitrogens with zero attached hydrogens (tertiary/aromatic N) is 1. The minimum absolute atomic E-state index is 0.132. The molecule has 2 rings (SSSR count). The van der Waals surface area contributed by atoms with Gasteiger partial charge in [0, 0.05) is 12.2 Å². The van der Waals surface area contributed by atoms with Crippen LogP contribution in [0.15, 0.2) is 18.2 Å². The molecule has 1 aromatic rings. The van der Waals surface area contributed by atoms with Gasteiger partial charge < -0.3 is 15.5 Å². The maximum absolute atomic E-state index is 12.3. The van der Waals surface area contributed by atoms with Crippen LogP contribution in [0.4, 0.5) is 5.69 Å². The Morgan fingerprint density at radius 2 is 2.15 bits per heavy atom. The summed E-state index contributed by atoms with van der Waals surface area (Å²) in [7, 11) is 1.68. The molecule has 0 radical (unpaired) electrons. The zero-order valence-electron chi connectivity index (χ0n) is 11.0. The van der Waals surface area contributed by atoms with Crippen LogP contribution in [0.25, 0.3) is 0 Å². The summed E-state index contributed by atoms with van der Waals surface area (Å²) in [6.07, 6.45) is 0.578. The number of anilines is 1. The van der Waals surface area contributed by atoms with E-state index in [0.717, 1.165) is 0 Å². The minimum Gasteiger partial charge on any atom is -0.343 e. The predicted molar refractivity (Wildman–Crippen MR) is 79.3 cm³/mol. The van der Waals surface area contributed by atoms with Crippen molar-refractivity contribution in [3.63, 3.8) is 0 Å². The molecule has 0 bridgehead atoms. The van der Waals surface area contributed by atoms with Crippen molar-refractivity contribution in [2.75, 3.05) is 25.0 Å². The number of likely N-dealkylation sites (N-methyl/N-ethyl adjacent to an activating group) is 1. The maximum atomic E-state index is 12.3. The van der Waals surface area contributed by atoms with E-state index in [4.69, 9.17) is 23.2 Å². The van der Waals surface area contributed by atoms with Gasteiger partial charge in [-0.25, -0.2) is 0 Å². The number of nitrogens with one attached hydrogen (secondary N) is 2. The zero-order chi connectivity index (χ0) is 14.7. The lowest BCUT2D eigenvalue weighted by Crippen LogP contribution is -2.44. The summed E-state index contributed by atoms with van der Waals surface area (Å²) in [6.45, 7) is 0.734. The lowest BCUT2D eigenvalue weighted by molar-refractivity contribution is -0.125. The highest BCUT2D eigenvalue weighted by molar-refractivity contribution is 6.42. The van der Waals surface area contributed by atoms with Gasteiger partial charge in [-0.2, -0.15) is 0 Å². The Bertz CT molecular complexity index is 536. The molecule has 1 heterocycles. The first-order valence-electron chi connectivity index (χ1n) is 6.23. The molecule has 0 saturated carbocycles. The molecule has 2 N–H and O–H groups in total. The molecule has 1 aliphatic heterocycles. The molecular formula is C13H15Cl2N3O2. The van der Waals surface area contributed by atoms with Crippen LogP contribution in [0, 0.1) is 0 Å². The standard InChI is InChI=1S/C13H15Cl2N3O2/c1-16-7-12(19)17-11-4-5-18(13(11)20)8-2-3-9(14)10(15)6-8/h2-3,6,11,16H,4-5,7H2,1H3,(H,17,19). The smallest absolute Gasteiger partial charge is 0.249 e. The predicted octanol–water partition coefficient (Wildman–Crippen LogP) is 1.43. The highest BCUT2D eigenvalue weighted by Crippen LogP contribution is 2.29. The van der Waals surface area contributed by atoms with E-state index < -0.39 is 6.04 Å². The normalized spacial score (nSPS) is 18.4. The number of hydrogen-bond donors (Lipinski definition) is 2. The molecular weight excluding hydrogens is 301 g/mol. The van der Waals surface area contributed by atoms with Crippen LogP contribution in [0.5, 0.6) is 0 Å². The Morgan fingerprint density at radius 1 is 1.40 bits per heavy atom. The molecule has 0 spiro atoms. The summed E-state index contributed by atoms with van der Waals surface area (Å²) in [5.41, 5.74) is 0.690. The van der Waals surface area contributed by atoms with Gasteiger partial charge in [0.1, 0.15) is 6.04 Å². The van der Waals surface area contributed by atoms with Crippen LogP contribution in [0.1, 0.15) is 6.42 Å². The van der Waals surface area contributed by atoms with Gasteiger partial charge in [0.05, 0.1) is 16.6 Å². The fourth-order valence-electron chi connectivity index (χ4n) is 2.13. The number of carbonyl (C=O) groups is 2. The van der Waals surface area contributed by atoms with E-state index in [2.05, 4.69) is 10.6 Å². The molecule has 0 aliphatic carbocycles. The molecule has 0 aromatic heterocycles. The van der Waals surface area contributed by atoms with Gasteiger partial charge in [-0.1, -0.05) is 23.2 Å². The first-order chi connectivity index (χ1) is 9.52. The first-order valence-corrected chi connectivity index (χ1v) is 6.99. The molecule has 5 nitrogen and oxygen atoms in total. The highest BCUT2D eigenvalue weighted by atomic mass is 35.5. The molecule has 1 unspecified atom stereocenters. The number of amides is 2. The van der Waals surface area contributed by atoms with Crippen molar-refractivity contribution in [1.82, 2.24) is 10.6 Å².